The number of nitrogens with zero attached hydrogens (tertiary/aromatic N) is 2. The van der Waals surface area contributed by atoms with Gasteiger partial charge in [0, 0.05) is 30.2 Å². The van der Waals surface area contributed by atoms with Crippen molar-refractivity contribution < 1.29 is 24.0 Å². The zero-order valence-electron chi connectivity index (χ0n) is 18.2. The number of hydrogen-bond acceptors (Lipinski definition) is 6. The van der Waals surface area contributed by atoms with Gasteiger partial charge in [0.2, 0.25) is 11.7 Å². The maximum atomic E-state index is 13.1. The quantitative estimate of drug-likeness (QED) is 0.402. The molecule has 2 amide bonds. The first-order valence-corrected chi connectivity index (χ1v) is 10.4. The lowest BCUT2D eigenvalue weighted by Crippen LogP contribution is -2.50. The lowest BCUT2D eigenvalue weighted by Gasteiger charge is -2.30. The zero-order chi connectivity index (χ0) is 23.7. The van der Waals surface area contributed by atoms with Crippen LogP contribution in [0.15, 0.2) is 42.5 Å². The SMILES string of the molecule is CCNC(=O)[C@H](CC)N(Cc1ccc(Cl)cc1)C(=O)COc1ccc([N+](=O)[O-])c(OC)c1. The molecule has 0 aromatic heterocycles. The van der Waals surface area contributed by atoms with Gasteiger partial charge in [0.15, 0.2) is 6.61 Å². The summed E-state index contributed by atoms with van der Waals surface area (Å²) < 4.78 is 10.6. The van der Waals surface area contributed by atoms with E-state index in [1.54, 1.807) is 31.2 Å². The van der Waals surface area contributed by atoms with Crippen molar-refractivity contribution in [2.45, 2.75) is 32.9 Å². The van der Waals surface area contributed by atoms with Gasteiger partial charge in [-0.2, -0.15) is 0 Å². The van der Waals surface area contributed by atoms with Crippen LogP contribution in [0.5, 0.6) is 11.5 Å². The molecule has 0 unspecified atom stereocenters. The Bertz CT molecular complexity index is 951. The summed E-state index contributed by atoms with van der Waals surface area (Å²) in [6.07, 6.45) is 0.413. The topological polar surface area (TPSA) is 111 Å². The number of hydrogen-bond donors (Lipinski definition) is 1. The molecule has 0 spiro atoms. The van der Waals surface area contributed by atoms with E-state index in [-0.39, 0.29) is 36.2 Å². The van der Waals surface area contributed by atoms with Crippen LogP contribution in [-0.2, 0) is 16.1 Å². The molecule has 2 rings (SSSR count). The summed E-state index contributed by atoms with van der Waals surface area (Å²) in [5, 5.41) is 14.4. The maximum absolute atomic E-state index is 13.1. The van der Waals surface area contributed by atoms with Gasteiger partial charge >= 0.3 is 5.69 Å². The Morgan fingerprint density at radius 2 is 1.88 bits per heavy atom. The van der Waals surface area contributed by atoms with Gasteiger partial charge in [0.05, 0.1) is 12.0 Å². The summed E-state index contributed by atoms with van der Waals surface area (Å²) in [5.41, 5.74) is 0.598. The molecule has 9 nitrogen and oxygen atoms in total. The van der Waals surface area contributed by atoms with Crippen molar-refractivity contribution in [2.24, 2.45) is 0 Å². The minimum Gasteiger partial charge on any atom is -0.490 e. The molecule has 0 fully saturated rings. The highest BCUT2D eigenvalue weighted by atomic mass is 35.5. The number of rotatable bonds is 11. The van der Waals surface area contributed by atoms with Crippen LogP contribution in [0.2, 0.25) is 5.02 Å². The summed E-state index contributed by atoms with van der Waals surface area (Å²) in [6.45, 7) is 3.91. The first-order chi connectivity index (χ1) is 15.3. The minimum atomic E-state index is -0.687. The predicted octanol–water partition coefficient (Wildman–Crippen LogP) is 3.58. The molecule has 0 saturated carbocycles. The van der Waals surface area contributed by atoms with E-state index in [1.165, 1.54) is 30.2 Å². The van der Waals surface area contributed by atoms with E-state index >= 15 is 0 Å². The highest BCUT2D eigenvalue weighted by molar-refractivity contribution is 6.30. The summed E-state index contributed by atoms with van der Waals surface area (Å²) in [6, 6.07) is 10.3. The van der Waals surface area contributed by atoms with Crippen molar-refractivity contribution in [3.8, 4) is 11.5 Å². The molecule has 0 radical (unpaired) electrons. The van der Waals surface area contributed by atoms with E-state index in [9.17, 15) is 19.7 Å². The molecular formula is C22H26ClN3O6. The molecular weight excluding hydrogens is 438 g/mol. The van der Waals surface area contributed by atoms with Crippen LogP contribution in [-0.4, -0.2) is 47.9 Å². The van der Waals surface area contributed by atoms with Gasteiger partial charge in [0.25, 0.3) is 5.91 Å². The number of nitro groups is 1. The number of benzene rings is 2. The molecule has 0 aliphatic rings. The second kappa shape index (κ2) is 11.9. The van der Waals surface area contributed by atoms with Crippen LogP contribution in [0.3, 0.4) is 0 Å². The lowest BCUT2D eigenvalue weighted by atomic mass is 10.1. The zero-order valence-corrected chi connectivity index (χ0v) is 18.9. The molecule has 0 heterocycles. The number of methoxy groups -OCH3 is 1. The van der Waals surface area contributed by atoms with E-state index in [0.717, 1.165) is 5.56 Å². The maximum Gasteiger partial charge on any atom is 0.311 e. The third-order valence-corrected chi connectivity index (χ3v) is 4.97. The van der Waals surface area contributed by atoms with Gasteiger partial charge in [-0.1, -0.05) is 30.7 Å². The summed E-state index contributed by atoms with van der Waals surface area (Å²) in [4.78, 5) is 37.6. The number of carbonyl (C=O) groups excluding carboxylic acids is 2. The summed E-state index contributed by atoms with van der Waals surface area (Å²) in [5.74, 6) is -0.408. The number of nitrogens with one attached hydrogen (secondary N) is 1. The molecule has 1 N–H and O–H groups in total. The van der Waals surface area contributed by atoms with Crippen molar-refractivity contribution >= 4 is 29.1 Å². The van der Waals surface area contributed by atoms with Crippen LogP contribution in [0.1, 0.15) is 25.8 Å². The second-order valence-corrected chi connectivity index (χ2v) is 7.28. The van der Waals surface area contributed by atoms with E-state index < -0.39 is 16.9 Å². The van der Waals surface area contributed by atoms with Gasteiger partial charge in [0.1, 0.15) is 11.8 Å². The number of halogens is 1. The highest BCUT2D eigenvalue weighted by Crippen LogP contribution is 2.30. The van der Waals surface area contributed by atoms with Gasteiger partial charge in [-0.05, 0) is 37.1 Å². The Morgan fingerprint density at radius 3 is 2.44 bits per heavy atom. The molecule has 32 heavy (non-hydrogen) atoms. The third-order valence-electron chi connectivity index (χ3n) is 4.71. The molecule has 2 aromatic carbocycles. The van der Waals surface area contributed by atoms with Crippen LogP contribution < -0.4 is 14.8 Å². The van der Waals surface area contributed by atoms with Crippen molar-refractivity contribution in [3.63, 3.8) is 0 Å². The molecule has 2 aromatic rings. The number of ether oxygens (including phenoxy) is 2. The largest absolute Gasteiger partial charge is 0.490 e. The van der Waals surface area contributed by atoms with Crippen molar-refractivity contribution in [1.29, 1.82) is 0 Å². The predicted molar refractivity (Wildman–Crippen MR) is 120 cm³/mol. The molecule has 1 atom stereocenters. The number of amides is 2. The van der Waals surface area contributed by atoms with E-state index in [0.29, 0.717) is 18.0 Å². The van der Waals surface area contributed by atoms with Crippen LogP contribution in [0.4, 0.5) is 5.69 Å². The minimum absolute atomic E-state index is 0.0201. The van der Waals surface area contributed by atoms with Gasteiger partial charge in [-0.15, -0.1) is 0 Å². The first-order valence-electron chi connectivity index (χ1n) is 10.1. The Hall–Kier alpha value is -3.33. The Balaban J connectivity index is 2.22. The molecule has 0 bridgehead atoms. The standard InChI is InChI=1S/C22H26ClN3O6/c1-4-18(22(28)24-5-2)25(13-15-6-8-16(23)9-7-15)21(27)14-32-17-10-11-19(26(29)30)20(12-17)31-3/h6-12,18H,4-5,13-14H2,1-3H3,(H,24,28)/t18-/m0/s1. The molecule has 172 valence electrons. The number of nitro benzene ring substituents is 1. The van der Waals surface area contributed by atoms with Gasteiger partial charge in [-0.3, -0.25) is 19.7 Å². The van der Waals surface area contributed by atoms with Crippen molar-refractivity contribution in [2.75, 3.05) is 20.3 Å². The molecule has 10 heteroatoms. The molecule has 0 aliphatic carbocycles. The van der Waals surface area contributed by atoms with E-state index in [4.69, 9.17) is 21.1 Å². The molecule has 0 saturated heterocycles. The summed E-state index contributed by atoms with van der Waals surface area (Å²) >= 11 is 5.95. The summed E-state index contributed by atoms with van der Waals surface area (Å²) in [7, 11) is 1.31. The fraction of sp³-hybridized carbons (Fsp3) is 0.364. The normalized spacial score (nSPS) is 11.4. The Morgan fingerprint density at radius 1 is 1.19 bits per heavy atom. The smallest absolute Gasteiger partial charge is 0.311 e. The van der Waals surface area contributed by atoms with Gasteiger partial charge in [-0.25, -0.2) is 0 Å². The fourth-order valence-electron chi connectivity index (χ4n) is 3.12. The van der Waals surface area contributed by atoms with Crippen molar-refractivity contribution in [3.05, 3.63) is 63.2 Å². The number of carbonyl (C=O) groups is 2. The highest BCUT2D eigenvalue weighted by Gasteiger charge is 2.28. The lowest BCUT2D eigenvalue weighted by molar-refractivity contribution is -0.385. The van der Waals surface area contributed by atoms with Crippen LogP contribution in [0, 0.1) is 10.1 Å². The van der Waals surface area contributed by atoms with Crippen molar-refractivity contribution in [1.82, 2.24) is 10.2 Å². The van der Waals surface area contributed by atoms with E-state index in [2.05, 4.69) is 5.32 Å². The first kappa shape index (κ1) is 24.9. The Labute approximate surface area is 191 Å². The van der Waals surface area contributed by atoms with Crippen LogP contribution >= 0.6 is 11.6 Å². The van der Waals surface area contributed by atoms with Gasteiger partial charge < -0.3 is 19.7 Å². The van der Waals surface area contributed by atoms with Crippen LogP contribution in [0.25, 0.3) is 0 Å². The average Bonchev–Trinajstić information content (AvgIpc) is 2.78. The fourth-order valence-corrected chi connectivity index (χ4v) is 3.25. The number of likely N-dealkylation sites (N-methyl/N-ethyl adjacent to an activating group) is 1. The average molecular weight is 464 g/mol. The Kier molecular flexibility index (Phi) is 9.27. The second-order valence-electron chi connectivity index (χ2n) is 6.85. The molecule has 0 aliphatic heterocycles. The monoisotopic (exact) mass is 463 g/mol. The third kappa shape index (κ3) is 6.58. The van der Waals surface area contributed by atoms with E-state index in [1.807, 2.05) is 6.92 Å².